The zero-order chi connectivity index (χ0) is 6.97. The molecule has 0 aromatic rings. The molecule has 2 nitrogen and oxygen atoms in total. The van der Waals surface area contributed by atoms with Crippen molar-refractivity contribution in [3.8, 4) is 0 Å². The van der Waals surface area contributed by atoms with Crippen molar-refractivity contribution in [1.82, 2.24) is 5.32 Å². The highest BCUT2D eigenvalue weighted by atomic mass is 32.2. The number of nitrogens with one attached hydrogen (secondary N) is 1. The molecule has 0 aromatic heterocycles. The van der Waals surface area contributed by atoms with Crippen LogP contribution in [0, 0.1) is 0 Å². The predicted molar refractivity (Wildman–Crippen MR) is 41.4 cm³/mol. The molecule has 0 bridgehead atoms. The van der Waals surface area contributed by atoms with Crippen molar-refractivity contribution in [1.29, 1.82) is 0 Å². The lowest BCUT2D eigenvalue weighted by molar-refractivity contribution is -0.114. The fourth-order valence-corrected chi connectivity index (χ4v) is 1.96. The second-order valence-electron chi connectivity index (χ2n) is 2.28. The number of thioether (sulfide) groups is 1. The second-order valence-corrected chi connectivity index (χ2v) is 3.30. The molecule has 0 saturated carbocycles. The maximum absolute atomic E-state index is 10.8. The van der Waals surface area contributed by atoms with Crippen molar-refractivity contribution in [3.05, 3.63) is 22.8 Å². The first-order valence-corrected chi connectivity index (χ1v) is 4.15. The van der Waals surface area contributed by atoms with E-state index in [-0.39, 0.29) is 5.78 Å². The Morgan fingerprint density at radius 2 is 2.40 bits per heavy atom. The first-order chi connectivity index (χ1) is 4.86. The first kappa shape index (κ1) is 6.04. The van der Waals surface area contributed by atoms with Crippen LogP contribution in [0.2, 0.25) is 0 Å². The molecule has 1 aliphatic carbocycles. The van der Waals surface area contributed by atoms with Crippen LogP contribution in [0.3, 0.4) is 0 Å². The Morgan fingerprint density at radius 1 is 1.50 bits per heavy atom. The van der Waals surface area contributed by atoms with Gasteiger partial charge in [-0.2, -0.15) is 0 Å². The molecule has 0 radical (unpaired) electrons. The van der Waals surface area contributed by atoms with Gasteiger partial charge in [0.05, 0.1) is 12.3 Å². The summed E-state index contributed by atoms with van der Waals surface area (Å²) in [4.78, 5) is 12.1. The molecule has 3 heteroatoms. The third kappa shape index (κ3) is 0.865. The number of hydrogen-bond donors (Lipinski definition) is 1. The van der Waals surface area contributed by atoms with E-state index in [0.717, 1.165) is 11.6 Å². The van der Waals surface area contributed by atoms with Gasteiger partial charge >= 0.3 is 0 Å². The highest BCUT2D eigenvalue weighted by molar-refractivity contribution is 8.03. The molecular formula is C7H7NOS. The van der Waals surface area contributed by atoms with Gasteiger partial charge in [0.15, 0.2) is 5.78 Å². The highest BCUT2D eigenvalue weighted by Gasteiger charge is 2.17. The molecule has 0 atom stereocenters. The minimum atomic E-state index is 0.203. The number of allylic oxidation sites excluding steroid dienone is 3. The molecule has 0 unspecified atom stereocenters. The molecule has 1 heterocycles. The van der Waals surface area contributed by atoms with Gasteiger partial charge in [0, 0.05) is 10.6 Å². The lowest BCUT2D eigenvalue weighted by Crippen LogP contribution is -2.11. The van der Waals surface area contributed by atoms with Gasteiger partial charge in [0.25, 0.3) is 0 Å². The van der Waals surface area contributed by atoms with Crippen LogP contribution < -0.4 is 5.32 Å². The van der Waals surface area contributed by atoms with E-state index >= 15 is 0 Å². The topological polar surface area (TPSA) is 29.1 Å². The Morgan fingerprint density at radius 3 is 3.30 bits per heavy atom. The summed E-state index contributed by atoms with van der Waals surface area (Å²) in [5, 5.41) is 3.16. The normalized spacial score (nSPS) is 23.0. The Bertz CT molecular complexity index is 242. The molecule has 2 rings (SSSR count). The third-order valence-corrected chi connectivity index (χ3v) is 2.56. The molecule has 10 heavy (non-hydrogen) atoms. The molecule has 0 fully saturated rings. The van der Waals surface area contributed by atoms with Crippen LogP contribution >= 0.6 is 11.8 Å². The zero-order valence-corrected chi connectivity index (χ0v) is 6.20. The van der Waals surface area contributed by atoms with Crippen molar-refractivity contribution < 1.29 is 4.79 Å². The van der Waals surface area contributed by atoms with E-state index in [1.807, 2.05) is 6.08 Å². The van der Waals surface area contributed by atoms with E-state index in [1.165, 1.54) is 4.91 Å². The Labute approximate surface area is 63.4 Å². The fourth-order valence-electron chi connectivity index (χ4n) is 1.08. The summed E-state index contributed by atoms with van der Waals surface area (Å²) in [6.07, 6.45) is 4.11. The van der Waals surface area contributed by atoms with Gasteiger partial charge in [-0.25, -0.2) is 0 Å². The van der Waals surface area contributed by atoms with Gasteiger partial charge in [-0.05, 0) is 12.2 Å². The van der Waals surface area contributed by atoms with Crippen LogP contribution in [0.25, 0.3) is 0 Å². The summed E-state index contributed by atoms with van der Waals surface area (Å²) in [6, 6.07) is 0. The average molecular weight is 153 g/mol. The summed E-state index contributed by atoms with van der Waals surface area (Å²) < 4.78 is 0. The minimum absolute atomic E-state index is 0.203. The highest BCUT2D eigenvalue weighted by Crippen LogP contribution is 2.29. The molecule has 0 amide bonds. The minimum Gasteiger partial charge on any atom is -0.378 e. The molecule has 0 saturated heterocycles. The third-order valence-electron chi connectivity index (χ3n) is 1.58. The Balaban J connectivity index is 2.30. The molecule has 2 aliphatic rings. The summed E-state index contributed by atoms with van der Waals surface area (Å²) in [7, 11) is 0. The predicted octanol–water partition coefficient (Wildman–Crippen LogP) is 1.02. The van der Waals surface area contributed by atoms with Gasteiger partial charge in [-0.15, -0.1) is 11.8 Å². The number of carbonyl (C=O) groups excluding carboxylic acids is 1. The van der Waals surface area contributed by atoms with Crippen molar-refractivity contribution >= 4 is 17.5 Å². The average Bonchev–Trinajstić information content (AvgIpc) is 2.33. The van der Waals surface area contributed by atoms with Gasteiger partial charge in [0.2, 0.25) is 0 Å². The molecule has 1 aliphatic heterocycles. The van der Waals surface area contributed by atoms with Crippen LogP contribution in [0.5, 0.6) is 0 Å². The largest absolute Gasteiger partial charge is 0.378 e. The van der Waals surface area contributed by atoms with Crippen molar-refractivity contribution in [2.75, 3.05) is 5.88 Å². The van der Waals surface area contributed by atoms with Gasteiger partial charge in [0.1, 0.15) is 0 Å². The fraction of sp³-hybridized carbons (Fsp3) is 0.286. The lowest BCUT2D eigenvalue weighted by atomic mass is 10.1. The standard InChI is InChI=1S/C7H7NOS/c9-5-1-2-7-6(3-5)8-4-10-7/h1-2,8H,3-4H2. The van der Waals surface area contributed by atoms with Crippen molar-refractivity contribution in [2.24, 2.45) is 0 Å². The van der Waals surface area contributed by atoms with E-state index in [9.17, 15) is 4.79 Å². The SMILES string of the molecule is O=C1C=CC2=C(C1)NCS2. The number of carbonyl (C=O) groups is 1. The lowest BCUT2D eigenvalue weighted by Gasteiger charge is -2.04. The van der Waals surface area contributed by atoms with Gasteiger partial charge in [-0.3, -0.25) is 4.79 Å². The van der Waals surface area contributed by atoms with Crippen LogP contribution in [-0.2, 0) is 4.79 Å². The summed E-state index contributed by atoms with van der Waals surface area (Å²) in [5.74, 6) is 1.12. The second kappa shape index (κ2) is 2.16. The summed E-state index contributed by atoms with van der Waals surface area (Å²) >= 11 is 1.76. The van der Waals surface area contributed by atoms with Crippen molar-refractivity contribution in [2.45, 2.75) is 6.42 Å². The van der Waals surface area contributed by atoms with E-state index in [4.69, 9.17) is 0 Å². The Hall–Kier alpha value is -0.700. The molecule has 52 valence electrons. The smallest absolute Gasteiger partial charge is 0.161 e. The van der Waals surface area contributed by atoms with E-state index < -0.39 is 0 Å². The van der Waals surface area contributed by atoms with E-state index in [1.54, 1.807) is 17.8 Å². The number of ketones is 1. The van der Waals surface area contributed by atoms with Crippen LogP contribution in [0.1, 0.15) is 6.42 Å². The first-order valence-electron chi connectivity index (χ1n) is 3.17. The van der Waals surface area contributed by atoms with Crippen LogP contribution in [0.4, 0.5) is 0 Å². The number of hydrogen-bond acceptors (Lipinski definition) is 3. The number of rotatable bonds is 0. The quantitative estimate of drug-likeness (QED) is 0.563. The maximum Gasteiger partial charge on any atom is 0.161 e. The summed E-state index contributed by atoms with van der Waals surface area (Å²) in [6.45, 7) is 0. The van der Waals surface area contributed by atoms with Gasteiger partial charge in [-0.1, -0.05) is 0 Å². The van der Waals surface area contributed by atoms with Crippen LogP contribution in [-0.4, -0.2) is 11.7 Å². The summed E-state index contributed by atoms with van der Waals surface area (Å²) in [5.41, 5.74) is 1.11. The molecule has 0 aromatic carbocycles. The van der Waals surface area contributed by atoms with Crippen molar-refractivity contribution in [3.63, 3.8) is 0 Å². The Kier molecular flexibility index (Phi) is 1.31. The maximum atomic E-state index is 10.8. The monoisotopic (exact) mass is 153 g/mol. The van der Waals surface area contributed by atoms with Gasteiger partial charge < -0.3 is 5.32 Å². The zero-order valence-electron chi connectivity index (χ0n) is 5.39. The molecular weight excluding hydrogens is 146 g/mol. The molecule has 0 spiro atoms. The molecule has 1 N–H and O–H groups in total. The van der Waals surface area contributed by atoms with E-state index in [0.29, 0.717) is 6.42 Å². The van der Waals surface area contributed by atoms with E-state index in [2.05, 4.69) is 5.32 Å². The van der Waals surface area contributed by atoms with Crippen LogP contribution in [0.15, 0.2) is 22.8 Å².